The molecule has 1 aliphatic heterocycles. The fourth-order valence-electron chi connectivity index (χ4n) is 4.06. The van der Waals surface area contributed by atoms with Crippen molar-refractivity contribution in [1.82, 2.24) is 15.2 Å². The van der Waals surface area contributed by atoms with Crippen molar-refractivity contribution in [2.45, 2.75) is 50.4 Å². The molecule has 2 N–H and O–H groups in total. The minimum absolute atomic E-state index is 0.131. The van der Waals surface area contributed by atoms with Gasteiger partial charge in [-0.1, -0.05) is 6.07 Å². The van der Waals surface area contributed by atoms with Crippen molar-refractivity contribution < 1.29 is 9.52 Å². The first-order chi connectivity index (χ1) is 12.3. The number of hydrogen-bond acceptors (Lipinski definition) is 5. The molecule has 0 aromatic carbocycles. The summed E-state index contributed by atoms with van der Waals surface area (Å²) < 4.78 is 5.46. The fraction of sp³-hybridized carbons (Fsp3) is 0.550. The van der Waals surface area contributed by atoms with Crippen LogP contribution in [0.3, 0.4) is 0 Å². The first-order valence-electron chi connectivity index (χ1n) is 9.37. The summed E-state index contributed by atoms with van der Waals surface area (Å²) >= 11 is 0. The van der Waals surface area contributed by atoms with Gasteiger partial charge in [0.2, 0.25) is 0 Å². The SMILES string of the molecule is OC1CC([C@H](NC2CCN(Cc3ccco3)CC2)c2ccccn2)C1. The van der Waals surface area contributed by atoms with Gasteiger partial charge in [0.25, 0.3) is 0 Å². The Kier molecular flexibility index (Phi) is 5.15. The fourth-order valence-corrected chi connectivity index (χ4v) is 4.06. The van der Waals surface area contributed by atoms with Crippen LogP contribution in [0.5, 0.6) is 0 Å². The summed E-state index contributed by atoms with van der Waals surface area (Å²) in [6.07, 6.45) is 7.52. The van der Waals surface area contributed by atoms with Crippen LogP contribution in [0.1, 0.15) is 43.2 Å². The Hall–Kier alpha value is -1.69. The summed E-state index contributed by atoms with van der Waals surface area (Å²) in [6, 6.07) is 10.9. The maximum atomic E-state index is 9.71. The molecular weight excluding hydrogens is 314 g/mol. The Morgan fingerprint density at radius 3 is 2.68 bits per heavy atom. The Balaban J connectivity index is 1.33. The summed E-state index contributed by atoms with van der Waals surface area (Å²) in [5.74, 6) is 1.53. The van der Waals surface area contributed by atoms with Gasteiger partial charge < -0.3 is 14.8 Å². The number of furan rings is 1. The van der Waals surface area contributed by atoms with Gasteiger partial charge >= 0.3 is 0 Å². The lowest BCUT2D eigenvalue weighted by atomic mass is 9.75. The van der Waals surface area contributed by atoms with Crippen molar-refractivity contribution in [3.05, 3.63) is 54.2 Å². The van der Waals surface area contributed by atoms with Gasteiger partial charge in [-0.15, -0.1) is 0 Å². The Morgan fingerprint density at radius 1 is 1.20 bits per heavy atom. The number of pyridine rings is 1. The van der Waals surface area contributed by atoms with E-state index in [0.717, 1.165) is 56.8 Å². The molecule has 1 aliphatic carbocycles. The van der Waals surface area contributed by atoms with Crippen LogP contribution in [-0.4, -0.2) is 40.2 Å². The molecule has 0 spiro atoms. The van der Waals surface area contributed by atoms with E-state index in [1.54, 1.807) is 6.26 Å². The third-order valence-electron chi connectivity index (χ3n) is 5.59. The van der Waals surface area contributed by atoms with Crippen molar-refractivity contribution in [2.75, 3.05) is 13.1 Å². The lowest BCUT2D eigenvalue weighted by molar-refractivity contribution is 0.0187. The maximum Gasteiger partial charge on any atom is 0.117 e. The zero-order chi connectivity index (χ0) is 17.1. The molecule has 5 nitrogen and oxygen atoms in total. The second kappa shape index (κ2) is 7.68. The molecule has 3 heterocycles. The number of aliphatic hydroxyl groups excluding tert-OH is 1. The summed E-state index contributed by atoms with van der Waals surface area (Å²) in [7, 11) is 0. The predicted octanol–water partition coefficient (Wildman–Crippen LogP) is 2.74. The summed E-state index contributed by atoms with van der Waals surface area (Å²) in [4.78, 5) is 7.03. The third kappa shape index (κ3) is 4.11. The molecule has 2 aromatic rings. The van der Waals surface area contributed by atoms with E-state index in [9.17, 15) is 5.11 Å². The van der Waals surface area contributed by atoms with Crippen molar-refractivity contribution in [3.8, 4) is 0 Å². The quantitative estimate of drug-likeness (QED) is 0.846. The van der Waals surface area contributed by atoms with Crippen molar-refractivity contribution in [1.29, 1.82) is 0 Å². The zero-order valence-corrected chi connectivity index (χ0v) is 14.6. The van der Waals surface area contributed by atoms with Crippen LogP contribution < -0.4 is 5.32 Å². The molecule has 0 bridgehead atoms. The Morgan fingerprint density at radius 2 is 2.04 bits per heavy atom. The van der Waals surface area contributed by atoms with E-state index >= 15 is 0 Å². The standard InChI is InChI=1S/C20H27N3O2/c24-17-12-15(13-17)20(19-5-1-2-8-21-19)22-16-6-9-23(10-7-16)14-18-4-3-11-25-18/h1-5,8,11,15-17,20,22,24H,6-7,9-10,12-14H2/t15?,17?,20-/m0/s1. The minimum atomic E-state index is -0.131. The zero-order valence-electron chi connectivity index (χ0n) is 14.6. The van der Waals surface area contributed by atoms with E-state index in [0.29, 0.717) is 12.0 Å². The van der Waals surface area contributed by atoms with E-state index in [2.05, 4.69) is 27.3 Å². The van der Waals surface area contributed by atoms with Crippen LogP contribution in [0.15, 0.2) is 47.2 Å². The molecule has 0 radical (unpaired) electrons. The largest absolute Gasteiger partial charge is 0.468 e. The summed E-state index contributed by atoms with van der Waals surface area (Å²) in [5.41, 5.74) is 1.11. The molecular formula is C20H27N3O2. The molecule has 1 atom stereocenters. The van der Waals surface area contributed by atoms with Crippen LogP contribution in [0.25, 0.3) is 0 Å². The minimum Gasteiger partial charge on any atom is -0.468 e. The average molecular weight is 341 g/mol. The number of aromatic nitrogens is 1. The Labute approximate surface area is 149 Å². The maximum absolute atomic E-state index is 9.71. The monoisotopic (exact) mass is 341 g/mol. The predicted molar refractivity (Wildman–Crippen MR) is 95.9 cm³/mol. The van der Waals surface area contributed by atoms with Crippen molar-refractivity contribution in [2.24, 2.45) is 5.92 Å². The van der Waals surface area contributed by atoms with Gasteiger partial charge in [0.15, 0.2) is 0 Å². The normalized spacial score (nSPS) is 26.3. The molecule has 0 amide bonds. The second-order valence-corrected chi connectivity index (χ2v) is 7.41. The highest BCUT2D eigenvalue weighted by Crippen LogP contribution is 2.38. The van der Waals surface area contributed by atoms with E-state index in [1.165, 1.54) is 0 Å². The van der Waals surface area contributed by atoms with Crippen LogP contribution in [0.2, 0.25) is 0 Å². The second-order valence-electron chi connectivity index (χ2n) is 7.41. The topological polar surface area (TPSA) is 61.5 Å². The highest BCUT2D eigenvalue weighted by atomic mass is 16.3. The highest BCUT2D eigenvalue weighted by Gasteiger charge is 2.36. The summed E-state index contributed by atoms with van der Waals surface area (Å²) in [5, 5.41) is 13.6. The van der Waals surface area contributed by atoms with Gasteiger partial charge in [-0.3, -0.25) is 9.88 Å². The van der Waals surface area contributed by atoms with Crippen molar-refractivity contribution in [3.63, 3.8) is 0 Å². The number of nitrogens with zero attached hydrogens (tertiary/aromatic N) is 2. The molecule has 25 heavy (non-hydrogen) atoms. The summed E-state index contributed by atoms with van der Waals surface area (Å²) in [6.45, 7) is 3.07. The van der Waals surface area contributed by atoms with E-state index in [4.69, 9.17) is 4.42 Å². The number of rotatable bonds is 6. The molecule has 4 rings (SSSR count). The lowest BCUT2D eigenvalue weighted by Crippen LogP contribution is -2.47. The third-order valence-corrected chi connectivity index (χ3v) is 5.59. The van der Waals surface area contributed by atoms with Crippen LogP contribution in [0.4, 0.5) is 0 Å². The van der Waals surface area contributed by atoms with Crippen LogP contribution >= 0.6 is 0 Å². The number of likely N-dealkylation sites (tertiary alicyclic amines) is 1. The first-order valence-corrected chi connectivity index (χ1v) is 9.37. The van der Waals surface area contributed by atoms with Gasteiger partial charge in [0, 0.05) is 25.3 Å². The molecule has 2 fully saturated rings. The van der Waals surface area contributed by atoms with E-state index in [-0.39, 0.29) is 12.1 Å². The van der Waals surface area contributed by atoms with Gasteiger partial charge in [0.05, 0.1) is 30.6 Å². The lowest BCUT2D eigenvalue weighted by Gasteiger charge is -2.41. The Bertz CT molecular complexity index is 632. The van der Waals surface area contributed by atoms with Gasteiger partial charge in [-0.25, -0.2) is 0 Å². The molecule has 5 heteroatoms. The number of hydrogen-bond donors (Lipinski definition) is 2. The first kappa shape index (κ1) is 16.8. The van der Waals surface area contributed by atoms with Crippen LogP contribution in [-0.2, 0) is 6.54 Å². The number of aliphatic hydroxyl groups is 1. The van der Waals surface area contributed by atoms with Gasteiger partial charge in [-0.05, 0) is 55.9 Å². The highest BCUT2D eigenvalue weighted by molar-refractivity contribution is 5.12. The molecule has 0 unspecified atom stereocenters. The van der Waals surface area contributed by atoms with Crippen molar-refractivity contribution >= 4 is 0 Å². The van der Waals surface area contributed by atoms with Crippen LogP contribution in [0, 0.1) is 5.92 Å². The number of nitrogens with one attached hydrogen (secondary N) is 1. The molecule has 1 saturated carbocycles. The molecule has 2 aromatic heterocycles. The molecule has 134 valence electrons. The molecule has 1 saturated heterocycles. The smallest absolute Gasteiger partial charge is 0.117 e. The van der Waals surface area contributed by atoms with Gasteiger partial charge in [0.1, 0.15) is 5.76 Å². The molecule has 2 aliphatic rings. The van der Waals surface area contributed by atoms with Gasteiger partial charge in [-0.2, -0.15) is 0 Å². The van der Waals surface area contributed by atoms with E-state index in [1.807, 2.05) is 24.4 Å². The average Bonchev–Trinajstić information content (AvgIpc) is 3.12. The number of piperidine rings is 1. The van der Waals surface area contributed by atoms with E-state index < -0.39 is 0 Å².